The Hall–Kier alpha value is -7.63. The van der Waals surface area contributed by atoms with Crippen molar-refractivity contribution in [1.29, 1.82) is 0 Å². The van der Waals surface area contributed by atoms with Gasteiger partial charge in [-0.1, -0.05) is 159 Å². The number of hydrogen-bond acceptors (Lipinski definition) is 3. The van der Waals surface area contributed by atoms with Crippen LogP contribution in [0.25, 0.3) is 111 Å². The van der Waals surface area contributed by atoms with Gasteiger partial charge in [0.2, 0.25) is 0 Å². The van der Waals surface area contributed by atoms with Crippen LogP contribution in [-0.4, -0.2) is 23.8 Å². The Bertz CT molecular complexity index is 3690. The smallest absolute Gasteiger partial charge is 0.164 e. The van der Waals surface area contributed by atoms with Crippen molar-refractivity contribution >= 4 is 65.4 Å². The van der Waals surface area contributed by atoms with Gasteiger partial charge in [-0.2, -0.15) is 0 Å². The molecule has 4 aromatic heterocycles. The molecule has 8 aromatic carbocycles. The number of fused-ring (bicyclic) bond motifs is 14. The average molecular weight is 754 g/mol. The second kappa shape index (κ2) is 11.7. The van der Waals surface area contributed by atoms with Crippen LogP contribution in [0, 0.1) is 0 Å². The van der Waals surface area contributed by atoms with Gasteiger partial charge in [0.25, 0.3) is 0 Å². The second-order valence-electron chi connectivity index (χ2n) is 16.4. The van der Waals surface area contributed by atoms with E-state index < -0.39 is 0 Å². The van der Waals surface area contributed by atoms with Crippen LogP contribution in [0.4, 0.5) is 0 Å². The van der Waals surface area contributed by atoms with E-state index in [2.05, 4.69) is 162 Å². The molecule has 0 saturated carbocycles. The maximum absolute atomic E-state index is 5.30. The summed E-state index contributed by atoms with van der Waals surface area (Å²) in [5.74, 6) is 1.94. The molecule has 0 fully saturated rings. The number of nitrogens with zero attached hydrogens (tertiary/aromatic N) is 5. The van der Waals surface area contributed by atoms with Crippen molar-refractivity contribution in [3.8, 4) is 45.3 Å². The summed E-state index contributed by atoms with van der Waals surface area (Å²) in [6, 6.07) is 63.3. The highest BCUT2D eigenvalue weighted by Gasteiger charge is 2.38. The van der Waals surface area contributed by atoms with E-state index in [1.807, 2.05) is 36.4 Å². The van der Waals surface area contributed by atoms with Gasteiger partial charge in [-0.15, -0.1) is 0 Å². The summed E-state index contributed by atoms with van der Waals surface area (Å²) < 4.78 is 5.06. The lowest BCUT2D eigenvalue weighted by atomic mass is 9.80. The number of aromatic nitrogens is 5. The normalized spacial score (nSPS) is 13.4. The number of benzene rings is 8. The Labute approximate surface area is 339 Å². The van der Waals surface area contributed by atoms with Gasteiger partial charge in [-0.25, -0.2) is 15.0 Å². The first-order valence-electron chi connectivity index (χ1n) is 20.3. The van der Waals surface area contributed by atoms with E-state index in [0.717, 1.165) is 44.0 Å². The van der Waals surface area contributed by atoms with E-state index >= 15 is 0 Å². The topological polar surface area (TPSA) is 47.5 Å². The van der Waals surface area contributed by atoms with Crippen LogP contribution in [-0.2, 0) is 5.41 Å². The lowest BCUT2D eigenvalue weighted by molar-refractivity contribution is 0.666. The molecule has 59 heavy (non-hydrogen) atoms. The highest BCUT2D eigenvalue weighted by molar-refractivity contribution is 6.27. The van der Waals surface area contributed by atoms with E-state index in [1.165, 1.54) is 60.3 Å². The van der Waals surface area contributed by atoms with Crippen LogP contribution in [0.3, 0.4) is 0 Å². The zero-order valence-corrected chi connectivity index (χ0v) is 32.5. The van der Waals surface area contributed by atoms with Gasteiger partial charge in [0.15, 0.2) is 17.5 Å². The third-order valence-electron chi connectivity index (χ3n) is 12.9. The molecule has 5 nitrogen and oxygen atoms in total. The lowest BCUT2D eigenvalue weighted by Gasteiger charge is -2.24. The standard InChI is InChI=1S/C54H35N5/c1-54(2)41-24-12-9-20-34(41)36-30-31-44-47(48(36)54)39-28-29-40(53-56-51(32-16-5-3-6-17-32)55-52(57-53)33-18-7-4-8-19-33)46-38-22-11-14-26-43(38)59(50(39)46)45-27-15-23-37-35-21-10-13-25-42(35)58(44)49(37)45/h3-31H,1-2H3. The quantitative estimate of drug-likeness (QED) is 0.180. The molecule has 0 unspecified atom stereocenters. The zero-order chi connectivity index (χ0) is 39.0. The first-order valence-corrected chi connectivity index (χ1v) is 20.3. The predicted molar refractivity (Wildman–Crippen MR) is 243 cm³/mol. The molecule has 0 spiro atoms. The maximum Gasteiger partial charge on any atom is 0.164 e. The van der Waals surface area contributed by atoms with Crippen LogP contribution in [0.2, 0.25) is 0 Å². The Kier molecular flexibility index (Phi) is 6.44. The van der Waals surface area contributed by atoms with Gasteiger partial charge < -0.3 is 8.80 Å². The van der Waals surface area contributed by atoms with E-state index in [0.29, 0.717) is 17.5 Å². The molecular weight excluding hydrogens is 719 g/mol. The van der Waals surface area contributed by atoms with Crippen molar-refractivity contribution in [2.45, 2.75) is 19.3 Å². The molecule has 1 aliphatic carbocycles. The molecule has 13 rings (SSSR count). The predicted octanol–water partition coefficient (Wildman–Crippen LogP) is 13.5. The first kappa shape index (κ1) is 32.5. The molecule has 1 aliphatic rings. The Morgan fingerprint density at radius 1 is 0.356 bits per heavy atom. The molecule has 0 radical (unpaired) electrons. The van der Waals surface area contributed by atoms with Crippen molar-refractivity contribution < 1.29 is 0 Å². The summed E-state index contributed by atoms with van der Waals surface area (Å²) in [5.41, 5.74) is 14.9. The molecule has 12 aromatic rings. The molecule has 276 valence electrons. The van der Waals surface area contributed by atoms with Crippen molar-refractivity contribution in [3.05, 3.63) is 187 Å². The Morgan fingerprint density at radius 2 is 0.915 bits per heavy atom. The molecule has 0 N–H and O–H groups in total. The fourth-order valence-electron chi connectivity index (χ4n) is 10.4. The maximum atomic E-state index is 5.30. The molecule has 0 bridgehead atoms. The summed E-state index contributed by atoms with van der Waals surface area (Å²) >= 11 is 0. The van der Waals surface area contributed by atoms with Crippen molar-refractivity contribution in [2.24, 2.45) is 0 Å². The van der Waals surface area contributed by atoms with Gasteiger partial charge in [-0.05, 0) is 52.6 Å². The fraction of sp³-hybridized carbons (Fsp3) is 0.0556. The van der Waals surface area contributed by atoms with Crippen LogP contribution >= 0.6 is 0 Å². The second-order valence-corrected chi connectivity index (χ2v) is 16.4. The minimum atomic E-state index is -0.261. The minimum absolute atomic E-state index is 0.261. The van der Waals surface area contributed by atoms with Crippen molar-refractivity contribution in [2.75, 3.05) is 0 Å². The van der Waals surface area contributed by atoms with Gasteiger partial charge in [0, 0.05) is 54.4 Å². The van der Waals surface area contributed by atoms with Crippen LogP contribution in [0.15, 0.2) is 176 Å². The first-order chi connectivity index (χ1) is 29.1. The summed E-state index contributed by atoms with van der Waals surface area (Å²) in [5, 5.41) is 7.20. The molecule has 0 atom stereocenters. The number of para-hydroxylation sites is 3. The van der Waals surface area contributed by atoms with Crippen LogP contribution < -0.4 is 0 Å². The van der Waals surface area contributed by atoms with Crippen LogP contribution in [0.5, 0.6) is 0 Å². The van der Waals surface area contributed by atoms with Crippen molar-refractivity contribution in [1.82, 2.24) is 23.8 Å². The highest BCUT2D eigenvalue weighted by atomic mass is 15.0. The van der Waals surface area contributed by atoms with E-state index in [4.69, 9.17) is 15.0 Å². The van der Waals surface area contributed by atoms with Gasteiger partial charge in [-0.3, -0.25) is 0 Å². The minimum Gasteiger partial charge on any atom is -0.307 e. The van der Waals surface area contributed by atoms with Crippen molar-refractivity contribution in [3.63, 3.8) is 0 Å². The summed E-state index contributed by atoms with van der Waals surface area (Å²) in [6.07, 6.45) is 0. The number of hydrogen-bond donors (Lipinski definition) is 0. The van der Waals surface area contributed by atoms with Gasteiger partial charge in [0.1, 0.15) is 0 Å². The van der Waals surface area contributed by atoms with E-state index in [1.54, 1.807) is 0 Å². The third kappa shape index (κ3) is 4.31. The largest absolute Gasteiger partial charge is 0.307 e. The Balaban J connectivity index is 1.29. The lowest BCUT2D eigenvalue weighted by Crippen LogP contribution is -2.15. The molecule has 4 heterocycles. The van der Waals surface area contributed by atoms with Crippen LogP contribution in [0.1, 0.15) is 25.0 Å². The monoisotopic (exact) mass is 753 g/mol. The Morgan fingerprint density at radius 3 is 1.66 bits per heavy atom. The molecule has 0 amide bonds. The summed E-state index contributed by atoms with van der Waals surface area (Å²) in [6.45, 7) is 4.80. The molecule has 5 heteroatoms. The fourth-order valence-corrected chi connectivity index (χ4v) is 10.4. The summed E-state index contributed by atoms with van der Waals surface area (Å²) in [4.78, 5) is 15.7. The number of rotatable bonds is 3. The molecular formula is C54H35N5. The highest BCUT2D eigenvalue weighted by Crippen LogP contribution is 2.53. The SMILES string of the molecule is CC1(C)c2ccccc2-c2ccc3c(c21)c1ccc(-c2nc(-c4ccccc4)nc(-c4ccccc4)n2)c2c4ccccc4n(c4cccc5c6ccccc6n3c54)c12. The van der Waals surface area contributed by atoms with E-state index in [-0.39, 0.29) is 5.41 Å². The van der Waals surface area contributed by atoms with Gasteiger partial charge in [0.05, 0.1) is 33.1 Å². The third-order valence-corrected chi connectivity index (χ3v) is 12.9. The van der Waals surface area contributed by atoms with Gasteiger partial charge >= 0.3 is 0 Å². The molecule has 0 aliphatic heterocycles. The average Bonchev–Trinajstić information content (AvgIpc) is 3.89. The summed E-state index contributed by atoms with van der Waals surface area (Å²) in [7, 11) is 0. The molecule has 0 saturated heterocycles. The zero-order valence-electron chi connectivity index (χ0n) is 32.5. The van der Waals surface area contributed by atoms with E-state index in [9.17, 15) is 0 Å².